The molecule has 0 aromatic heterocycles. The molecule has 138 valence electrons. The third kappa shape index (κ3) is 6.16. The molecular weight excluding hydrogens is 422 g/mol. The van der Waals surface area contributed by atoms with Gasteiger partial charge in [0.1, 0.15) is 0 Å². The topological polar surface area (TPSA) is 104 Å². The van der Waals surface area contributed by atoms with Crippen molar-refractivity contribution < 1.29 is 18.0 Å². The van der Waals surface area contributed by atoms with Crippen molar-refractivity contribution in [2.24, 2.45) is 0 Å². The van der Waals surface area contributed by atoms with Crippen LogP contribution in [0.3, 0.4) is 0 Å². The molecule has 0 unspecified atom stereocenters. The Hall–Kier alpha value is -2.39. The minimum absolute atomic E-state index is 0.108. The molecule has 2 aromatic carbocycles. The van der Waals surface area contributed by atoms with Crippen LogP contribution >= 0.6 is 15.9 Å². The van der Waals surface area contributed by atoms with Crippen molar-refractivity contribution in [1.82, 2.24) is 5.32 Å². The quantitative estimate of drug-likeness (QED) is 0.643. The van der Waals surface area contributed by atoms with E-state index in [-0.39, 0.29) is 23.7 Å². The highest BCUT2D eigenvalue weighted by Crippen LogP contribution is 2.22. The maximum absolute atomic E-state index is 12.6. The molecule has 0 spiro atoms. The summed E-state index contributed by atoms with van der Waals surface area (Å²) in [5.41, 5.74) is 1.51. The minimum atomic E-state index is -3.57. The van der Waals surface area contributed by atoms with Crippen LogP contribution < -0.4 is 15.4 Å². The van der Waals surface area contributed by atoms with E-state index in [0.29, 0.717) is 5.69 Å². The Labute approximate surface area is 160 Å². The van der Waals surface area contributed by atoms with Crippen LogP contribution in [0, 0.1) is 0 Å². The van der Waals surface area contributed by atoms with Crippen LogP contribution in [0.4, 0.5) is 11.4 Å². The van der Waals surface area contributed by atoms with Crippen LogP contribution in [0.15, 0.2) is 46.9 Å². The Morgan fingerprint density at radius 1 is 1.12 bits per heavy atom. The van der Waals surface area contributed by atoms with Gasteiger partial charge in [-0.2, -0.15) is 0 Å². The lowest BCUT2D eigenvalue weighted by atomic mass is 10.1. The van der Waals surface area contributed by atoms with Crippen molar-refractivity contribution in [3.8, 4) is 0 Å². The molecule has 0 radical (unpaired) electrons. The molecule has 0 aliphatic rings. The van der Waals surface area contributed by atoms with Crippen LogP contribution in [0.2, 0.25) is 0 Å². The van der Waals surface area contributed by atoms with Gasteiger partial charge in [0.15, 0.2) is 0 Å². The summed E-state index contributed by atoms with van der Waals surface area (Å²) in [7, 11) is -3.57. The van der Waals surface area contributed by atoms with Crippen LogP contribution in [0.25, 0.3) is 0 Å². The Bertz CT molecular complexity index is 945. The van der Waals surface area contributed by atoms with Crippen LogP contribution in [0.5, 0.6) is 0 Å². The molecule has 0 heterocycles. The number of nitrogens with one attached hydrogen (secondary N) is 3. The van der Waals surface area contributed by atoms with Gasteiger partial charge in [-0.3, -0.25) is 14.3 Å². The van der Waals surface area contributed by atoms with Gasteiger partial charge in [0, 0.05) is 23.6 Å². The van der Waals surface area contributed by atoms with E-state index in [1.807, 2.05) is 24.3 Å². The number of halogens is 1. The molecule has 0 fully saturated rings. The third-order valence-corrected chi connectivity index (χ3v) is 4.31. The van der Waals surface area contributed by atoms with E-state index in [9.17, 15) is 18.0 Å². The largest absolute Gasteiger partial charge is 0.348 e. The average Bonchev–Trinajstić information content (AvgIpc) is 2.52. The third-order valence-electron chi connectivity index (χ3n) is 3.22. The predicted octanol–water partition coefficient (Wildman–Crippen LogP) is 2.71. The summed E-state index contributed by atoms with van der Waals surface area (Å²) < 4.78 is 26.3. The van der Waals surface area contributed by atoms with Gasteiger partial charge >= 0.3 is 0 Å². The van der Waals surface area contributed by atoms with E-state index >= 15 is 0 Å². The zero-order chi connectivity index (χ0) is 19.3. The first-order valence-corrected chi connectivity index (χ1v) is 10.2. The molecule has 7 nitrogen and oxygen atoms in total. The van der Waals surface area contributed by atoms with Gasteiger partial charge in [0.05, 0.1) is 17.5 Å². The Balaban J connectivity index is 2.27. The van der Waals surface area contributed by atoms with Crippen LogP contribution in [0.1, 0.15) is 22.8 Å². The van der Waals surface area contributed by atoms with Gasteiger partial charge in [-0.05, 0) is 35.9 Å². The molecule has 3 N–H and O–H groups in total. The number of sulfonamides is 1. The summed E-state index contributed by atoms with van der Waals surface area (Å²) in [6, 6.07) is 11.8. The SMILES string of the molecule is CC(=O)Nc1ccc(NS(C)(=O)=O)c(C(=O)NCc2cccc(Br)c2)c1. The van der Waals surface area contributed by atoms with Gasteiger partial charge in [-0.1, -0.05) is 28.1 Å². The number of benzene rings is 2. The maximum Gasteiger partial charge on any atom is 0.253 e. The normalized spacial score (nSPS) is 10.9. The van der Waals surface area contributed by atoms with Crippen LogP contribution in [-0.2, 0) is 21.4 Å². The van der Waals surface area contributed by atoms with E-state index < -0.39 is 15.9 Å². The Kier molecular flexibility index (Phi) is 6.38. The van der Waals surface area contributed by atoms with E-state index in [1.165, 1.54) is 25.1 Å². The summed E-state index contributed by atoms with van der Waals surface area (Å²) in [6.07, 6.45) is 0.998. The molecule has 2 rings (SSSR count). The molecule has 0 saturated carbocycles. The Morgan fingerprint density at radius 3 is 2.46 bits per heavy atom. The van der Waals surface area contributed by atoms with Crippen molar-refractivity contribution in [1.29, 1.82) is 0 Å². The fraction of sp³-hybridized carbons (Fsp3) is 0.176. The highest BCUT2D eigenvalue weighted by Gasteiger charge is 2.15. The number of carbonyl (C=O) groups excluding carboxylic acids is 2. The first kappa shape index (κ1) is 19.9. The van der Waals surface area contributed by atoms with Gasteiger partial charge in [0.2, 0.25) is 15.9 Å². The molecule has 26 heavy (non-hydrogen) atoms. The molecule has 0 bridgehead atoms. The fourth-order valence-corrected chi connectivity index (χ4v) is 3.25. The van der Waals surface area contributed by atoms with Crippen molar-refractivity contribution in [2.45, 2.75) is 13.5 Å². The second kappa shape index (κ2) is 8.33. The molecule has 0 aliphatic heterocycles. The maximum atomic E-state index is 12.6. The molecule has 0 atom stereocenters. The van der Waals surface area contributed by atoms with E-state index in [0.717, 1.165) is 16.3 Å². The number of anilines is 2. The summed E-state index contributed by atoms with van der Waals surface area (Å²) in [5.74, 6) is -0.766. The number of hydrogen-bond donors (Lipinski definition) is 3. The number of carbonyl (C=O) groups is 2. The first-order chi connectivity index (χ1) is 12.1. The summed E-state index contributed by atoms with van der Waals surface area (Å²) in [6.45, 7) is 1.61. The summed E-state index contributed by atoms with van der Waals surface area (Å²) in [5, 5.41) is 5.31. The monoisotopic (exact) mass is 439 g/mol. The lowest BCUT2D eigenvalue weighted by Gasteiger charge is -2.13. The van der Waals surface area contributed by atoms with Gasteiger partial charge in [-0.15, -0.1) is 0 Å². The van der Waals surface area contributed by atoms with E-state index in [4.69, 9.17) is 0 Å². The van der Waals surface area contributed by atoms with Crippen LogP contribution in [-0.4, -0.2) is 26.5 Å². The number of rotatable bonds is 6. The van der Waals surface area contributed by atoms with Gasteiger partial charge in [-0.25, -0.2) is 8.42 Å². The Morgan fingerprint density at radius 2 is 1.85 bits per heavy atom. The standard InChI is InChI=1S/C17H18BrN3O4S/c1-11(22)20-14-6-7-16(21-26(2,24)25)15(9-14)17(23)19-10-12-4-3-5-13(18)8-12/h3-9,21H,10H2,1-2H3,(H,19,23)(H,20,22). The highest BCUT2D eigenvalue weighted by atomic mass is 79.9. The molecule has 2 aromatic rings. The summed E-state index contributed by atoms with van der Waals surface area (Å²) >= 11 is 3.36. The van der Waals surface area contributed by atoms with E-state index in [1.54, 1.807) is 0 Å². The lowest BCUT2D eigenvalue weighted by Crippen LogP contribution is -2.25. The molecular formula is C17H18BrN3O4S. The van der Waals surface area contributed by atoms with Gasteiger partial charge < -0.3 is 10.6 Å². The molecule has 0 saturated heterocycles. The highest BCUT2D eigenvalue weighted by molar-refractivity contribution is 9.10. The second-order valence-corrected chi connectivity index (χ2v) is 8.29. The zero-order valence-electron chi connectivity index (χ0n) is 14.2. The summed E-state index contributed by atoms with van der Waals surface area (Å²) in [4.78, 5) is 23.8. The second-order valence-electron chi connectivity index (χ2n) is 5.63. The van der Waals surface area contributed by atoms with Crippen molar-refractivity contribution in [3.63, 3.8) is 0 Å². The number of amides is 2. The van der Waals surface area contributed by atoms with Crippen molar-refractivity contribution in [3.05, 3.63) is 58.1 Å². The molecule has 0 aliphatic carbocycles. The van der Waals surface area contributed by atoms with Gasteiger partial charge in [0.25, 0.3) is 5.91 Å². The smallest absolute Gasteiger partial charge is 0.253 e. The van der Waals surface area contributed by atoms with E-state index in [2.05, 4.69) is 31.3 Å². The fourth-order valence-electron chi connectivity index (χ4n) is 2.23. The predicted molar refractivity (Wildman–Crippen MR) is 105 cm³/mol. The number of hydrogen-bond acceptors (Lipinski definition) is 4. The first-order valence-electron chi connectivity index (χ1n) is 7.56. The zero-order valence-corrected chi connectivity index (χ0v) is 16.6. The lowest BCUT2D eigenvalue weighted by molar-refractivity contribution is -0.114. The van der Waals surface area contributed by atoms with Crippen molar-refractivity contribution >= 4 is 49.1 Å². The van der Waals surface area contributed by atoms with Crippen molar-refractivity contribution in [2.75, 3.05) is 16.3 Å². The molecule has 9 heteroatoms. The molecule has 2 amide bonds. The minimum Gasteiger partial charge on any atom is -0.348 e. The average molecular weight is 440 g/mol.